The van der Waals surface area contributed by atoms with Gasteiger partial charge in [-0.05, 0) is 5.56 Å². The number of fused-ring (bicyclic) bond motifs is 1. The molecule has 0 amide bonds. The van der Waals surface area contributed by atoms with Gasteiger partial charge in [0.25, 0.3) is 5.79 Å². The molecule has 0 spiro atoms. The fraction of sp³-hybridized carbons (Fsp3) is 0.333. The molecule has 0 heterocycles. The molecule has 1 unspecified atom stereocenters. The van der Waals surface area contributed by atoms with Gasteiger partial charge in [-0.2, -0.15) is 0 Å². The molecule has 0 saturated carbocycles. The molecule has 2 rings (SSSR count). The lowest BCUT2D eigenvalue weighted by atomic mass is 10.1. The Morgan fingerprint density at radius 2 is 1.57 bits per heavy atom. The summed E-state index contributed by atoms with van der Waals surface area (Å²) in [4.78, 5) is 0. The van der Waals surface area contributed by atoms with Crippen LogP contribution in [0.25, 0.3) is 0 Å². The Morgan fingerprint density at radius 1 is 1.00 bits per heavy atom. The van der Waals surface area contributed by atoms with Gasteiger partial charge < -0.3 is 25.5 Å². The van der Waals surface area contributed by atoms with Crippen LogP contribution in [0.2, 0.25) is 0 Å². The van der Waals surface area contributed by atoms with Crippen LogP contribution >= 0.6 is 0 Å². The summed E-state index contributed by atoms with van der Waals surface area (Å²) in [5.41, 5.74) is 0.000000000000000888. The Labute approximate surface area is 79.5 Å². The summed E-state index contributed by atoms with van der Waals surface area (Å²) < 4.78 is 0. The quantitative estimate of drug-likeness (QED) is 0.328. The number of hydrogen-bond acceptors (Lipinski definition) is 5. The summed E-state index contributed by atoms with van der Waals surface area (Å²) in [6.45, 7) is 0. The zero-order valence-electron chi connectivity index (χ0n) is 7.12. The summed E-state index contributed by atoms with van der Waals surface area (Å²) in [6.07, 6.45) is -1.73. The van der Waals surface area contributed by atoms with Crippen molar-refractivity contribution in [3.05, 3.63) is 35.4 Å². The van der Waals surface area contributed by atoms with E-state index >= 15 is 0 Å². The number of aliphatic hydroxyl groups excluding tert-OH is 1. The van der Waals surface area contributed by atoms with Crippen molar-refractivity contribution in [3.8, 4) is 0 Å². The van der Waals surface area contributed by atoms with E-state index in [0.717, 1.165) is 0 Å². The summed E-state index contributed by atoms with van der Waals surface area (Å²) in [6, 6.07) is 5.77. The molecule has 1 aliphatic rings. The van der Waals surface area contributed by atoms with Crippen molar-refractivity contribution in [2.24, 2.45) is 0 Å². The topological polar surface area (TPSA) is 101 Å². The molecule has 5 heteroatoms. The smallest absolute Gasteiger partial charge is 0.254 e. The van der Waals surface area contributed by atoms with Crippen molar-refractivity contribution < 1.29 is 25.5 Å². The average Bonchev–Trinajstić information content (AvgIpc) is 2.27. The number of hydrogen-bond donors (Lipinski definition) is 5. The fourth-order valence-electron chi connectivity index (χ4n) is 1.66. The zero-order valence-corrected chi connectivity index (χ0v) is 7.12. The predicted molar refractivity (Wildman–Crippen MR) is 44.7 cm³/mol. The Bertz CT molecular complexity index is 371. The van der Waals surface area contributed by atoms with Crippen LogP contribution in [-0.2, 0) is 5.79 Å². The van der Waals surface area contributed by atoms with Crippen molar-refractivity contribution in [3.63, 3.8) is 0 Å². The lowest BCUT2D eigenvalue weighted by Crippen LogP contribution is -2.50. The Balaban J connectivity index is 2.68. The molecule has 1 atom stereocenters. The van der Waals surface area contributed by atoms with Crippen LogP contribution < -0.4 is 0 Å². The van der Waals surface area contributed by atoms with E-state index in [-0.39, 0.29) is 11.1 Å². The van der Waals surface area contributed by atoms with Gasteiger partial charge in [0, 0.05) is 5.56 Å². The third-order valence-corrected chi connectivity index (χ3v) is 2.53. The van der Waals surface area contributed by atoms with Gasteiger partial charge in [-0.25, -0.2) is 0 Å². The highest BCUT2D eigenvalue weighted by Gasteiger charge is 2.61. The van der Waals surface area contributed by atoms with E-state index in [2.05, 4.69) is 0 Å². The largest absolute Gasteiger partial charge is 0.382 e. The van der Waals surface area contributed by atoms with Crippen LogP contribution in [0.1, 0.15) is 17.2 Å². The molecule has 5 N–H and O–H groups in total. The summed E-state index contributed by atoms with van der Waals surface area (Å²) in [5.74, 6) is -5.82. The van der Waals surface area contributed by atoms with Gasteiger partial charge in [-0.1, -0.05) is 24.3 Å². The molecule has 1 aromatic carbocycles. The van der Waals surface area contributed by atoms with E-state index in [1.54, 1.807) is 6.07 Å². The summed E-state index contributed by atoms with van der Waals surface area (Å²) in [7, 11) is 0. The first-order chi connectivity index (χ1) is 6.39. The van der Waals surface area contributed by atoms with E-state index in [1.807, 2.05) is 0 Å². The van der Waals surface area contributed by atoms with Crippen molar-refractivity contribution >= 4 is 0 Å². The van der Waals surface area contributed by atoms with Crippen molar-refractivity contribution in [2.45, 2.75) is 17.7 Å². The summed E-state index contributed by atoms with van der Waals surface area (Å²) >= 11 is 0. The van der Waals surface area contributed by atoms with Crippen molar-refractivity contribution in [1.82, 2.24) is 0 Å². The Hall–Kier alpha value is -0.980. The minimum atomic E-state index is -2.98. The maximum Gasteiger partial charge on any atom is 0.254 e. The predicted octanol–water partition coefficient (Wildman–Crippen LogP) is -1.45. The van der Waals surface area contributed by atoms with E-state index in [4.69, 9.17) is 0 Å². The molecule has 1 aliphatic carbocycles. The highest BCUT2D eigenvalue weighted by Crippen LogP contribution is 2.47. The maximum absolute atomic E-state index is 9.44. The van der Waals surface area contributed by atoms with Crippen LogP contribution in [0, 0.1) is 0 Å². The van der Waals surface area contributed by atoms with Gasteiger partial charge >= 0.3 is 0 Å². The van der Waals surface area contributed by atoms with E-state index in [9.17, 15) is 25.5 Å². The minimum absolute atomic E-state index is 0.0995. The molecule has 5 nitrogen and oxygen atoms in total. The molecule has 14 heavy (non-hydrogen) atoms. The highest BCUT2D eigenvalue weighted by molar-refractivity contribution is 5.40. The molecular weight excluding hydrogens is 188 g/mol. The molecule has 0 aromatic heterocycles. The Morgan fingerprint density at radius 3 is 2.14 bits per heavy atom. The number of aliphatic hydroxyl groups is 5. The molecular formula is C9H10O5. The standard InChI is InChI=1S/C9H10O5/c10-7-5-3-1-2-4-6(5)8(11,12)9(7,13)14/h1-4,7,10-14H. The second-order valence-electron chi connectivity index (χ2n) is 3.39. The third kappa shape index (κ3) is 0.902. The first-order valence-electron chi connectivity index (χ1n) is 4.06. The Kier molecular flexibility index (Phi) is 1.73. The van der Waals surface area contributed by atoms with Crippen LogP contribution in [-0.4, -0.2) is 31.3 Å². The molecule has 0 radical (unpaired) electrons. The van der Waals surface area contributed by atoms with Gasteiger partial charge in [0.1, 0.15) is 6.10 Å². The second kappa shape index (κ2) is 2.53. The van der Waals surface area contributed by atoms with Crippen LogP contribution in [0.3, 0.4) is 0 Å². The van der Waals surface area contributed by atoms with Gasteiger partial charge in [0.2, 0.25) is 5.79 Å². The SMILES string of the molecule is OC1c2ccccc2C(O)(O)C1(O)O. The van der Waals surface area contributed by atoms with E-state index < -0.39 is 17.7 Å². The van der Waals surface area contributed by atoms with Gasteiger partial charge in [0.05, 0.1) is 0 Å². The number of benzene rings is 1. The zero-order chi connectivity index (χ0) is 10.6. The van der Waals surface area contributed by atoms with Crippen molar-refractivity contribution in [1.29, 1.82) is 0 Å². The third-order valence-electron chi connectivity index (χ3n) is 2.53. The lowest BCUT2D eigenvalue weighted by molar-refractivity contribution is -0.382. The monoisotopic (exact) mass is 198 g/mol. The molecule has 0 saturated heterocycles. The van der Waals surface area contributed by atoms with E-state index in [1.165, 1.54) is 18.2 Å². The van der Waals surface area contributed by atoms with Gasteiger partial charge in [-0.15, -0.1) is 0 Å². The average molecular weight is 198 g/mol. The first kappa shape index (κ1) is 9.57. The fourth-order valence-corrected chi connectivity index (χ4v) is 1.66. The molecule has 0 aliphatic heterocycles. The van der Waals surface area contributed by atoms with Crippen molar-refractivity contribution in [2.75, 3.05) is 0 Å². The van der Waals surface area contributed by atoms with Crippen LogP contribution in [0.15, 0.2) is 24.3 Å². The molecule has 0 fully saturated rings. The van der Waals surface area contributed by atoms with E-state index in [0.29, 0.717) is 0 Å². The molecule has 76 valence electrons. The normalized spacial score (nSPS) is 27.4. The highest BCUT2D eigenvalue weighted by atomic mass is 16.6. The van der Waals surface area contributed by atoms with Gasteiger partial charge in [-0.3, -0.25) is 0 Å². The van der Waals surface area contributed by atoms with Crippen LogP contribution in [0.5, 0.6) is 0 Å². The van der Waals surface area contributed by atoms with Gasteiger partial charge in [0.15, 0.2) is 0 Å². The maximum atomic E-state index is 9.44. The second-order valence-corrected chi connectivity index (χ2v) is 3.39. The van der Waals surface area contributed by atoms with Crippen LogP contribution in [0.4, 0.5) is 0 Å². The molecule has 0 bridgehead atoms. The summed E-state index contributed by atoms with van der Waals surface area (Å²) in [5, 5.41) is 46.9. The number of rotatable bonds is 0. The minimum Gasteiger partial charge on any atom is -0.382 e. The first-order valence-corrected chi connectivity index (χ1v) is 4.06. The lowest BCUT2D eigenvalue weighted by Gasteiger charge is -2.30. The molecule has 1 aromatic rings.